The molecule has 130 valence electrons. The third-order valence-corrected chi connectivity index (χ3v) is 5.74. The number of nitrogens with one attached hydrogen (secondary N) is 2. The SMILES string of the molecule is O=C(NC1CCc2c(F)cccc21)C1(c2ccccc2)CCNCC1. The summed E-state index contributed by atoms with van der Waals surface area (Å²) in [5.74, 6) is -0.0869. The molecular weight excluding hydrogens is 315 g/mol. The molecule has 1 amide bonds. The predicted octanol–water partition coefficient (Wildman–Crippen LogP) is 3.25. The molecule has 2 N–H and O–H groups in total. The lowest BCUT2D eigenvalue weighted by atomic mass is 9.72. The van der Waals surface area contributed by atoms with E-state index in [9.17, 15) is 9.18 Å². The van der Waals surface area contributed by atoms with Crippen molar-refractivity contribution in [3.8, 4) is 0 Å². The van der Waals surface area contributed by atoms with Crippen LogP contribution in [0.2, 0.25) is 0 Å². The Hall–Kier alpha value is -2.20. The summed E-state index contributed by atoms with van der Waals surface area (Å²) >= 11 is 0. The number of piperidine rings is 1. The van der Waals surface area contributed by atoms with Gasteiger partial charge in [0.25, 0.3) is 0 Å². The van der Waals surface area contributed by atoms with E-state index in [1.165, 1.54) is 6.07 Å². The van der Waals surface area contributed by atoms with E-state index >= 15 is 0 Å². The second-order valence-electron chi connectivity index (χ2n) is 7.07. The molecule has 3 nitrogen and oxygen atoms in total. The topological polar surface area (TPSA) is 41.1 Å². The molecular formula is C21H23FN2O. The summed E-state index contributed by atoms with van der Waals surface area (Å²) < 4.78 is 14.0. The highest BCUT2D eigenvalue weighted by molar-refractivity contribution is 5.89. The second-order valence-corrected chi connectivity index (χ2v) is 7.07. The van der Waals surface area contributed by atoms with Crippen molar-refractivity contribution < 1.29 is 9.18 Å². The van der Waals surface area contributed by atoms with Crippen LogP contribution in [0.3, 0.4) is 0 Å². The Balaban J connectivity index is 1.62. The van der Waals surface area contributed by atoms with Gasteiger partial charge >= 0.3 is 0 Å². The third-order valence-electron chi connectivity index (χ3n) is 5.74. The molecule has 1 aliphatic heterocycles. The maximum atomic E-state index is 14.0. The van der Waals surface area contributed by atoms with Crippen molar-refractivity contribution in [1.82, 2.24) is 10.6 Å². The van der Waals surface area contributed by atoms with Crippen LogP contribution in [-0.4, -0.2) is 19.0 Å². The van der Waals surface area contributed by atoms with Crippen molar-refractivity contribution in [2.45, 2.75) is 37.1 Å². The fraction of sp³-hybridized carbons (Fsp3) is 0.381. The van der Waals surface area contributed by atoms with E-state index in [1.54, 1.807) is 6.07 Å². The molecule has 1 heterocycles. The molecule has 0 saturated carbocycles. The van der Waals surface area contributed by atoms with Gasteiger partial charge in [-0.3, -0.25) is 4.79 Å². The van der Waals surface area contributed by atoms with Crippen LogP contribution in [0.5, 0.6) is 0 Å². The number of amides is 1. The number of carbonyl (C=O) groups excluding carboxylic acids is 1. The lowest BCUT2D eigenvalue weighted by molar-refractivity contribution is -0.128. The van der Waals surface area contributed by atoms with Crippen molar-refractivity contribution in [3.05, 3.63) is 71.0 Å². The summed E-state index contributed by atoms with van der Waals surface area (Å²) in [6.45, 7) is 1.66. The number of rotatable bonds is 3. The molecule has 0 radical (unpaired) electrons. The predicted molar refractivity (Wildman–Crippen MR) is 95.8 cm³/mol. The lowest BCUT2D eigenvalue weighted by Crippen LogP contribution is -2.51. The van der Waals surface area contributed by atoms with Crippen molar-refractivity contribution in [3.63, 3.8) is 0 Å². The molecule has 1 aliphatic carbocycles. The molecule has 1 fully saturated rings. The Bertz CT molecular complexity index is 769. The van der Waals surface area contributed by atoms with Crippen molar-refractivity contribution in [2.75, 3.05) is 13.1 Å². The van der Waals surface area contributed by atoms with Gasteiger partial charge in [-0.2, -0.15) is 0 Å². The Labute approximate surface area is 147 Å². The molecule has 1 saturated heterocycles. The fourth-order valence-electron chi connectivity index (χ4n) is 4.31. The summed E-state index contributed by atoms with van der Waals surface area (Å²) in [4.78, 5) is 13.3. The molecule has 25 heavy (non-hydrogen) atoms. The first-order valence-corrected chi connectivity index (χ1v) is 9.05. The highest BCUT2D eigenvalue weighted by atomic mass is 19.1. The maximum Gasteiger partial charge on any atom is 0.231 e. The number of fused-ring (bicyclic) bond motifs is 1. The van der Waals surface area contributed by atoms with Gasteiger partial charge in [-0.15, -0.1) is 0 Å². The van der Waals surface area contributed by atoms with Gasteiger partial charge < -0.3 is 10.6 Å². The van der Waals surface area contributed by atoms with Crippen LogP contribution in [0.15, 0.2) is 48.5 Å². The van der Waals surface area contributed by atoms with Crippen LogP contribution in [-0.2, 0) is 16.6 Å². The molecule has 4 rings (SSSR count). The first-order chi connectivity index (χ1) is 12.2. The van der Waals surface area contributed by atoms with E-state index in [4.69, 9.17) is 0 Å². The highest BCUT2D eigenvalue weighted by Gasteiger charge is 2.42. The van der Waals surface area contributed by atoms with Crippen LogP contribution in [0.1, 0.15) is 42.0 Å². The lowest BCUT2D eigenvalue weighted by Gasteiger charge is -2.37. The van der Waals surface area contributed by atoms with Gasteiger partial charge in [0.15, 0.2) is 0 Å². The van der Waals surface area contributed by atoms with Crippen molar-refractivity contribution >= 4 is 5.91 Å². The molecule has 0 aromatic heterocycles. The molecule has 0 bridgehead atoms. The highest BCUT2D eigenvalue weighted by Crippen LogP contribution is 2.37. The Morgan fingerprint density at radius 3 is 2.60 bits per heavy atom. The van der Waals surface area contributed by atoms with Gasteiger partial charge in [0, 0.05) is 0 Å². The van der Waals surface area contributed by atoms with E-state index in [0.29, 0.717) is 6.42 Å². The molecule has 4 heteroatoms. The number of halogens is 1. The minimum absolute atomic E-state index is 0.0716. The van der Waals surface area contributed by atoms with E-state index in [1.807, 2.05) is 36.4 Å². The molecule has 2 aliphatic rings. The number of benzene rings is 2. The first kappa shape index (κ1) is 16.3. The summed E-state index contributed by atoms with van der Waals surface area (Å²) in [5, 5.41) is 6.59. The zero-order valence-corrected chi connectivity index (χ0v) is 14.2. The summed E-state index contributed by atoms with van der Waals surface area (Å²) in [7, 11) is 0. The second kappa shape index (κ2) is 6.60. The van der Waals surface area contributed by atoms with Gasteiger partial charge in [0.05, 0.1) is 11.5 Å². The minimum atomic E-state index is -0.497. The number of carbonyl (C=O) groups is 1. The zero-order valence-electron chi connectivity index (χ0n) is 14.2. The van der Waals surface area contributed by atoms with Gasteiger partial charge in [0.1, 0.15) is 5.82 Å². The monoisotopic (exact) mass is 338 g/mol. The quantitative estimate of drug-likeness (QED) is 0.902. The zero-order chi connectivity index (χ0) is 17.3. The normalized spacial score (nSPS) is 21.6. The maximum absolute atomic E-state index is 14.0. The largest absolute Gasteiger partial charge is 0.349 e. The molecule has 2 aromatic carbocycles. The smallest absolute Gasteiger partial charge is 0.231 e. The average Bonchev–Trinajstić information content (AvgIpc) is 3.07. The van der Waals surface area contributed by atoms with Crippen LogP contribution in [0, 0.1) is 5.82 Å². The van der Waals surface area contributed by atoms with Crippen LogP contribution in [0.25, 0.3) is 0 Å². The third kappa shape index (κ3) is 2.85. The van der Waals surface area contributed by atoms with Gasteiger partial charge in [0.2, 0.25) is 5.91 Å². The van der Waals surface area contributed by atoms with Gasteiger partial charge in [-0.25, -0.2) is 4.39 Å². The average molecular weight is 338 g/mol. The van der Waals surface area contributed by atoms with E-state index in [0.717, 1.165) is 49.0 Å². The van der Waals surface area contributed by atoms with Crippen LogP contribution in [0.4, 0.5) is 4.39 Å². The first-order valence-electron chi connectivity index (χ1n) is 9.05. The van der Waals surface area contributed by atoms with E-state index in [-0.39, 0.29) is 17.8 Å². The minimum Gasteiger partial charge on any atom is -0.349 e. The van der Waals surface area contributed by atoms with Crippen molar-refractivity contribution in [1.29, 1.82) is 0 Å². The van der Waals surface area contributed by atoms with Gasteiger partial charge in [-0.1, -0.05) is 42.5 Å². The van der Waals surface area contributed by atoms with Crippen molar-refractivity contribution in [2.24, 2.45) is 0 Å². The van der Waals surface area contributed by atoms with Crippen LogP contribution < -0.4 is 10.6 Å². The Kier molecular flexibility index (Phi) is 4.30. The summed E-state index contributed by atoms with van der Waals surface area (Å²) in [6.07, 6.45) is 3.02. The molecule has 1 atom stereocenters. The fourth-order valence-corrected chi connectivity index (χ4v) is 4.31. The van der Waals surface area contributed by atoms with E-state index < -0.39 is 5.41 Å². The molecule has 2 aromatic rings. The van der Waals surface area contributed by atoms with Crippen LogP contribution >= 0.6 is 0 Å². The Morgan fingerprint density at radius 2 is 1.84 bits per heavy atom. The Morgan fingerprint density at radius 1 is 1.08 bits per heavy atom. The summed E-state index contributed by atoms with van der Waals surface area (Å²) in [6, 6.07) is 15.1. The molecule has 1 unspecified atom stereocenters. The number of hydrogen-bond donors (Lipinski definition) is 2. The van der Waals surface area contributed by atoms with Gasteiger partial charge in [-0.05, 0) is 61.5 Å². The van der Waals surface area contributed by atoms with E-state index in [2.05, 4.69) is 10.6 Å². The summed E-state index contributed by atoms with van der Waals surface area (Å²) in [5.41, 5.74) is 2.27. The molecule has 0 spiro atoms. The number of hydrogen-bond acceptors (Lipinski definition) is 2. The standard InChI is InChI=1S/C21H23FN2O/c22-18-8-4-7-17-16(18)9-10-19(17)24-20(25)21(11-13-23-14-12-21)15-5-2-1-3-6-15/h1-8,19,23H,9-14H2,(H,24,25).